The van der Waals surface area contributed by atoms with Gasteiger partial charge in [0.1, 0.15) is 11.2 Å². The maximum absolute atomic E-state index is 12.9. The number of amides is 2. The fraction of sp³-hybridized carbons (Fsp3) is 0.700. The lowest BCUT2D eigenvalue weighted by Gasteiger charge is -2.28. The zero-order chi connectivity index (χ0) is 24.9. The summed E-state index contributed by atoms with van der Waals surface area (Å²) in [6.07, 6.45) is 1.42. The van der Waals surface area contributed by atoms with Crippen molar-refractivity contribution >= 4 is 18.1 Å². The Balaban J connectivity index is 2.95. The molecule has 0 aliphatic heterocycles. The summed E-state index contributed by atoms with van der Waals surface area (Å²) < 4.78 is 22.8. The van der Waals surface area contributed by atoms with Gasteiger partial charge in [-0.05, 0) is 53.1 Å². The first-order valence-electron chi connectivity index (χ1n) is 10.4. The van der Waals surface area contributed by atoms with Crippen molar-refractivity contribution in [2.75, 3.05) is 39.5 Å². The maximum atomic E-state index is 12.9. The monoisotopic (exact) mass is 467 g/mol. The number of carbonyl (C=O) groups is 2. The first kappa shape index (κ1) is 27.9. The van der Waals surface area contributed by atoms with E-state index in [4.69, 9.17) is 24.5 Å². The zero-order valence-corrected chi connectivity index (χ0v) is 20.1. The van der Waals surface area contributed by atoms with Gasteiger partial charge in [0, 0.05) is 23.9 Å². The summed E-state index contributed by atoms with van der Waals surface area (Å²) in [7, 11) is 0. The second-order valence-corrected chi connectivity index (χ2v) is 8.65. The summed E-state index contributed by atoms with van der Waals surface area (Å²) in [6, 6.07) is 1.63. The number of aliphatic imine (C=N–C) groups is 1. The Labute approximate surface area is 193 Å². The van der Waals surface area contributed by atoms with Gasteiger partial charge in [-0.1, -0.05) is 5.11 Å². The standard InChI is InChI=1S/C20H33N7O6/c1-19(2,3)32-17(28)24-16(27-10-7-8-23-27)26(18(29)33-20(4,5)6)11-13-31-15-14-30-12-9-22-25-21/h7-8,10H,9,11-15H2,1-6H3/b24-16+. The third kappa shape index (κ3) is 12.5. The van der Waals surface area contributed by atoms with Gasteiger partial charge in [-0.3, -0.25) is 0 Å². The highest BCUT2D eigenvalue weighted by Crippen LogP contribution is 2.13. The summed E-state index contributed by atoms with van der Waals surface area (Å²) in [5, 5.41) is 7.46. The normalized spacial score (nSPS) is 12.1. The van der Waals surface area contributed by atoms with Crippen molar-refractivity contribution in [2.24, 2.45) is 10.1 Å². The molecule has 0 atom stereocenters. The van der Waals surface area contributed by atoms with Crippen LogP contribution in [0.4, 0.5) is 9.59 Å². The van der Waals surface area contributed by atoms with Crippen LogP contribution < -0.4 is 0 Å². The minimum Gasteiger partial charge on any atom is -0.443 e. The lowest BCUT2D eigenvalue weighted by molar-refractivity contribution is 0.0234. The predicted molar refractivity (Wildman–Crippen MR) is 120 cm³/mol. The van der Waals surface area contributed by atoms with E-state index >= 15 is 0 Å². The number of hydrogen-bond acceptors (Lipinski definition) is 8. The van der Waals surface area contributed by atoms with Crippen molar-refractivity contribution in [3.63, 3.8) is 0 Å². The average Bonchev–Trinajstić information content (AvgIpc) is 3.20. The topological polar surface area (TPSA) is 153 Å². The van der Waals surface area contributed by atoms with Crippen LogP contribution in [0.15, 0.2) is 28.6 Å². The predicted octanol–water partition coefficient (Wildman–Crippen LogP) is 3.60. The molecule has 0 saturated heterocycles. The Morgan fingerprint density at radius 3 is 2.21 bits per heavy atom. The first-order chi connectivity index (χ1) is 15.4. The second kappa shape index (κ2) is 13.4. The Morgan fingerprint density at radius 1 is 1.03 bits per heavy atom. The molecule has 0 fully saturated rings. The van der Waals surface area contributed by atoms with Crippen LogP contribution in [0, 0.1) is 0 Å². The number of rotatable bonds is 9. The molecule has 0 aliphatic rings. The molecular weight excluding hydrogens is 434 g/mol. The molecule has 33 heavy (non-hydrogen) atoms. The molecule has 0 aliphatic carbocycles. The minimum atomic E-state index is -0.879. The summed E-state index contributed by atoms with van der Waals surface area (Å²) in [4.78, 5) is 33.1. The van der Waals surface area contributed by atoms with E-state index in [9.17, 15) is 9.59 Å². The molecule has 0 aromatic carbocycles. The largest absolute Gasteiger partial charge is 0.443 e. The van der Waals surface area contributed by atoms with Gasteiger partial charge in [0.2, 0.25) is 5.96 Å². The van der Waals surface area contributed by atoms with Gasteiger partial charge in [-0.15, -0.1) is 4.99 Å². The fourth-order valence-electron chi connectivity index (χ4n) is 2.21. The van der Waals surface area contributed by atoms with E-state index in [1.165, 1.54) is 10.9 Å². The highest BCUT2D eigenvalue weighted by atomic mass is 16.6. The summed E-state index contributed by atoms with van der Waals surface area (Å²) in [5.74, 6) is -0.0854. The smallest absolute Gasteiger partial charge is 0.437 e. The quantitative estimate of drug-likeness (QED) is 0.134. The van der Waals surface area contributed by atoms with Crippen LogP contribution >= 0.6 is 0 Å². The van der Waals surface area contributed by atoms with Crippen molar-refractivity contribution in [1.82, 2.24) is 14.7 Å². The van der Waals surface area contributed by atoms with E-state index in [2.05, 4.69) is 20.1 Å². The number of nitrogens with zero attached hydrogens (tertiary/aromatic N) is 7. The average molecular weight is 468 g/mol. The maximum Gasteiger partial charge on any atom is 0.437 e. The van der Waals surface area contributed by atoms with Crippen LogP contribution in [0.5, 0.6) is 0 Å². The van der Waals surface area contributed by atoms with Gasteiger partial charge in [0.05, 0.1) is 33.0 Å². The molecule has 1 rings (SSSR count). The van der Waals surface area contributed by atoms with Gasteiger partial charge in [-0.25, -0.2) is 19.2 Å². The van der Waals surface area contributed by atoms with E-state index in [-0.39, 0.29) is 45.5 Å². The van der Waals surface area contributed by atoms with Crippen molar-refractivity contribution < 1.29 is 28.5 Å². The third-order valence-corrected chi connectivity index (χ3v) is 3.38. The number of azide groups is 1. The lowest BCUT2D eigenvalue weighted by atomic mass is 10.2. The number of hydrogen-bond donors (Lipinski definition) is 0. The lowest BCUT2D eigenvalue weighted by Crippen LogP contribution is -2.46. The van der Waals surface area contributed by atoms with Crippen molar-refractivity contribution in [3.8, 4) is 0 Å². The van der Waals surface area contributed by atoms with Crippen LogP contribution in [0.2, 0.25) is 0 Å². The molecule has 0 unspecified atom stereocenters. The van der Waals surface area contributed by atoms with Gasteiger partial charge in [-0.2, -0.15) is 5.10 Å². The van der Waals surface area contributed by atoms with Gasteiger partial charge in [0.15, 0.2) is 0 Å². The van der Waals surface area contributed by atoms with Crippen LogP contribution in [0.3, 0.4) is 0 Å². The highest BCUT2D eigenvalue weighted by Gasteiger charge is 2.29. The number of carbonyl (C=O) groups excluding carboxylic acids is 2. The van der Waals surface area contributed by atoms with Crippen molar-refractivity contribution in [1.29, 1.82) is 0 Å². The van der Waals surface area contributed by atoms with Crippen molar-refractivity contribution in [2.45, 2.75) is 52.7 Å². The third-order valence-electron chi connectivity index (χ3n) is 3.38. The molecule has 184 valence electrons. The van der Waals surface area contributed by atoms with Crippen LogP contribution in [-0.4, -0.2) is 83.5 Å². The Morgan fingerprint density at radius 2 is 1.67 bits per heavy atom. The van der Waals surface area contributed by atoms with Crippen LogP contribution in [0.1, 0.15) is 41.5 Å². The Bertz CT molecular complexity index is 821. The molecule has 2 amide bonds. The molecule has 1 heterocycles. The number of ether oxygens (including phenoxy) is 4. The molecule has 0 radical (unpaired) electrons. The molecule has 13 heteroatoms. The SMILES string of the molecule is CC(C)(C)OC(=O)/N=C(\N(CCOCCOCCN=[N+]=[N-])C(=O)OC(C)(C)C)n1cccn1. The van der Waals surface area contributed by atoms with E-state index in [1.807, 2.05) is 0 Å². The van der Waals surface area contributed by atoms with E-state index < -0.39 is 23.4 Å². The molecule has 1 aromatic rings. The summed E-state index contributed by atoms with van der Waals surface area (Å²) >= 11 is 0. The first-order valence-corrected chi connectivity index (χ1v) is 10.4. The molecule has 0 spiro atoms. The van der Waals surface area contributed by atoms with Gasteiger partial charge in [0.25, 0.3) is 0 Å². The van der Waals surface area contributed by atoms with E-state index in [1.54, 1.807) is 53.8 Å². The van der Waals surface area contributed by atoms with E-state index in [0.717, 1.165) is 4.90 Å². The molecule has 0 saturated carbocycles. The van der Waals surface area contributed by atoms with Crippen LogP contribution in [0.25, 0.3) is 10.4 Å². The Kier molecular flexibility index (Phi) is 11.3. The summed E-state index contributed by atoms with van der Waals surface area (Å²) in [6.45, 7) is 11.5. The van der Waals surface area contributed by atoms with Gasteiger partial charge >= 0.3 is 12.2 Å². The molecule has 13 nitrogen and oxygen atoms in total. The van der Waals surface area contributed by atoms with Crippen molar-refractivity contribution in [3.05, 3.63) is 28.9 Å². The Hall–Kier alpha value is -3.15. The van der Waals surface area contributed by atoms with E-state index in [0.29, 0.717) is 0 Å². The minimum absolute atomic E-state index is 0.0229. The molecule has 1 aromatic heterocycles. The second-order valence-electron chi connectivity index (χ2n) is 8.65. The number of aromatic nitrogens is 2. The zero-order valence-electron chi connectivity index (χ0n) is 20.1. The highest BCUT2D eigenvalue weighted by molar-refractivity contribution is 5.99. The molecule has 0 bridgehead atoms. The molecule has 0 N–H and O–H groups in total. The van der Waals surface area contributed by atoms with Gasteiger partial charge < -0.3 is 18.9 Å². The fourth-order valence-corrected chi connectivity index (χ4v) is 2.21. The summed E-state index contributed by atoms with van der Waals surface area (Å²) in [5.41, 5.74) is 6.67. The molecular formula is C20H33N7O6. The van der Waals surface area contributed by atoms with Crippen LogP contribution in [-0.2, 0) is 18.9 Å².